The van der Waals surface area contributed by atoms with Crippen LogP contribution >= 0.6 is 0 Å². The van der Waals surface area contributed by atoms with Crippen LogP contribution in [-0.4, -0.2) is 54.6 Å². The number of nitrogens with zero attached hydrogens (tertiary/aromatic N) is 4. The molecule has 0 unspecified atom stereocenters. The van der Waals surface area contributed by atoms with Crippen LogP contribution < -0.4 is 10.4 Å². The maximum absolute atomic E-state index is 13.0. The van der Waals surface area contributed by atoms with Crippen LogP contribution in [0.25, 0.3) is 0 Å². The summed E-state index contributed by atoms with van der Waals surface area (Å²) in [6, 6.07) is 6.13. The lowest BCUT2D eigenvalue weighted by Crippen LogP contribution is -2.49. The molecule has 1 aliphatic rings. The van der Waals surface area contributed by atoms with Crippen molar-refractivity contribution in [2.24, 2.45) is 0 Å². The molecular weight excluding hydrogens is 363 g/mol. The zero-order valence-electron chi connectivity index (χ0n) is 15.1. The SMILES string of the molecule is Bc1c(C(F)(F)F)nn(CC(=O)N2CCN(c3ccc(F)cc3)CC2)c1C. The second-order valence-electron chi connectivity index (χ2n) is 6.56. The van der Waals surface area contributed by atoms with Crippen LogP contribution in [-0.2, 0) is 17.5 Å². The van der Waals surface area contributed by atoms with Crippen molar-refractivity contribution in [3.05, 3.63) is 41.5 Å². The highest BCUT2D eigenvalue weighted by molar-refractivity contribution is 6.34. The van der Waals surface area contributed by atoms with E-state index in [4.69, 9.17) is 0 Å². The maximum Gasteiger partial charge on any atom is 0.434 e. The minimum Gasteiger partial charge on any atom is -0.368 e. The van der Waals surface area contributed by atoms with Crippen molar-refractivity contribution in [1.29, 1.82) is 0 Å². The average Bonchev–Trinajstić information content (AvgIpc) is 2.91. The fourth-order valence-electron chi connectivity index (χ4n) is 3.15. The van der Waals surface area contributed by atoms with E-state index in [9.17, 15) is 22.4 Å². The molecule has 144 valence electrons. The van der Waals surface area contributed by atoms with Gasteiger partial charge in [0.25, 0.3) is 0 Å². The molecule has 0 spiro atoms. The van der Waals surface area contributed by atoms with Gasteiger partial charge < -0.3 is 9.80 Å². The van der Waals surface area contributed by atoms with Crippen molar-refractivity contribution >= 4 is 24.9 Å². The summed E-state index contributed by atoms with van der Waals surface area (Å²) >= 11 is 0. The number of carbonyl (C=O) groups excluding carboxylic acids is 1. The van der Waals surface area contributed by atoms with Gasteiger partial charge in [-0.2, -0.15) is 18.3 Å². The Morgan fingerprint density at radius 2 is 1.74 bits per heavy atom. The summed E-state index contributed by atoms with van der Waals surface area (Å²) in [5.41, 5.74) is 0.294. The Kier molecular flexibility index (Phi) is 5.17. The highest BCUT2D eigenvalue weighted by Gasteiger charge is 2.37. The lowest BCUT2D eigenvalue weighted by Gasteiger charge is -2.36. The second-order valence-corrected chi connectivity index (χ2v) is 6.56. The van der Waals surface area contributed by atoms with E-state index in [0.717, 1.165) is 10.4 Å². The van der Waals surface area contributed by atoms with Gasteiger partial charge in [-0.3, -0.25) is 9.48 Å². The molecule has 2 heterocycles. The van der Waals surface area contributed by atoms with Gasteiger partial charge in [0.2, 0.25) is 5.91 Å². The Hall–Kier alpha value is -2.52. The average molecular weight is 382 g/mol. The van der Waals surface area contributed by atoms with Crippen LogP contribution in [0.3, 0.4) is 0 Å². The summed E-state index contributed by atoms with van der Waals surface area (Å²) in [4.78, 5) is 16.1. The fourth-order valence-corrected chi connectivity index (χ4v) is 3.15. The second kappa shape index (κ2) is 7.24. The molecule has 3 rings (SSSR count). The van der Waals surface area contributed by atoms with Crippen molar-refractivity contribution in [1.82, 2.24) is 14.7 Å². The molecule has 1 saturated heterocycles. The number of rotatable bonds is 3. The van der Waals surface area contributed by atoms with E-state index in [1.165, 1.54) is 26.9 Å². The van der Waals surface area contributed by atoms with Gasteiger partial charge >= 0.3 is 6.18 Å². The number of benzene rings is 1. The van der Waals surface area contributed by atoms with E-state index >= 15 is 0 Å². The molecule has 0 radical (unpaired) electrons. The summed E-state index contributed by atoms with van der Waals surface area (Å²) < 4.78 is 53.0. The highest BCUT2D eigenvalue weighted by Crippen LogP contribution is 2.26. The van der Waals surface area contributed by atoms with Crippen LogP contribution in [0.5, 0.6) is 0 Å². The van der Waals surface area contributed by atoms with Gasteiger partial charge in [0.05, 0.1) is 0 Å². The molecule has 10 heteroatoms. The minimum atomic E-state index is -4.54. The van der Waals surface area contributed by atoms with Gasteiger partial charge in [-0.25, -0.2) is 4.39 Å². The van der Waals surface area contributed by atoms with Gasteiger partial charge in [-0.15, -0.1) is 0 Å². The van der Waals surface area contributed by atoms with Crippen molar-refractivity contribution in [3.8, 4) is 0 Å². The maximum atomic E-state index is 13.0. The van der Waals surface area contributed by atoms with Crippen LogP contribution in [0.2, 0.25) is 0 Å². The predicted octanol–water partition coefficient (Wildman–Crippen LogP) is 0.957. The molecule has 27 heavy (non-hydrogen) atoms. The van der Waals surface area contributed by atoms with Crippen molar-refractivity contribution < 1.29 is 22.4 Å². The summed E-state index contributed by atoms with van der Waals surface area (Å²) in [6.45, 7) is 3.34. The monoisotopic (exact) mass is 382 g/mol. The lowest BCUT2D eigenvalue weighted by molar-refractivity contribution is -0.141. The largest absolute Gasteiger partial charge is 0.434 e. The summed E-state index contributed by atoms with van der Waals surface area (Å²) in [5, 5.41) is 3.58. The number of hydrogen-bond donors (Lipinski definition) is 0. The quantitative estimate of drug-likeness (QED) is 0.587. The Morgan fingerprint density at radius 3 is 2.26 bits per heavy atom. The van der Waals surface area contributed by atoms with Crippen molar-refractivity contribution in [3.63, 3.8) is 0 Å². The lowest BCUT2D eigenvalue weighted by atomic mass is 9.93. The number of carbonyl (C=O) groups is 1. The van der Waals surface area contributed by atoms with Crippen LogP contribution in [0.15, 0.2) is 24.3 Å². The zero-order chi connectivity index (χ0) is 19.8. The van der Waals surface area contributed by atoms with E-state index in [1.54, 1.807) is 17.0 Å². The van der Waals surface area contributed by atoms with Crippen LogP contribution in [0.1, 0.15) is 11.4 Å². The number of alkyl halides is 3. The Bertz CT molecular complexity index is 827. The van der Waals surface area contributed by atoms with Gasteiger partial charge in [0.15, 0.2) is 5.69 Å². The Balaban J connectivity index is 1.63. The van der Waals surface area contributed by atoms with Crippen molar-refractivity contribution in [2.45, 2.75) is 19.6 Å². The molecule has 0 bridgehead atoms. The van der Waals surface area contributed by atoms with Crippen LogP contribution in [0.4, 0.5) is 23.2 Å². The number of hydrogen-bond acceptors (Lipinski definition) is 3. The molecular formula is C17H19BF4N4O. The van der Waals surface area contributed by atoms with Crippen molar-refractivity contribution in [2.75, 3.05) is 31.1 Å². The molecule has 2 aromatic rings. The minimum absolute atomic E-state index is 0.0384. The Labute approximate surface area is 155 Å². The number of aromatic nitrogens is 2. The highest BCUT2D eigenvalue weighted by atomic mass is 19.4. The smallest absolute Gasteiger partial charge is 0.368 e. The molecule has 0 saturated carbocycles. The fraction of sp³-hybridized carbons (Fsp3) is 0.412. The van der Waals surface area contributed by atoms with E-state index in [1.807, 2.05) is 4.90 Å². The third kappa shape index (κ3) is 4.09. The predicted molar refractivity (Wildman–Crippen MR) is 95.3 cm³/mol. The van der Waals surface area contributed by atoms with E-state index in [-0.39, 0.29) is 23.7 Å². The van der Waals surface area contributed by atoms with E-state index < -0.39 is 11.9 Å². The zero-order valence-corrected chi connectivity index (χ0v) is 15.1. The third-order valence-corrected chi connectivity index (χ3v) is 4.88. The van der Waals surface area contributed by atoms with Gasteiger partial charge in [-0.05, 0) is 36.7 Å². The normalized spacial score (nSPS) is 15.3. The summed E-state index contributed by atoms with van der Waals surface area (Å²) in [7, 11) is 1.35. The van der Waals surface area contributed by atoms with Crippen LogP contribution in [0, 0.1) is 12.7 Å². The molecule has 1 amide bonds. The molecule has 1 aromatic heterocycles. The molecule has 0 atom stereocenters. The number of anilines is 1. The molecule has 5 nitrogen and oxygen atoms in total. The van der Waals surface area contributed by atoms with Gasteiger partial charge in [-0.1, -0.05) is 0 Å². The molecule has 0 aliphatic carbocycles. The summed E-state index contributed by atoms with van der Waals surface area (Å²) in [6.07, 6.45) is -4.54. The third-order valence-electron chi connectivity index (χ3n) is 4.88. The van der Waals surface area contributed by atoms with E-state index in [2.05, 4.69) is 5.10 Å². The number of halogens is 4. The topological polar surface area (TPSA) is 41.4 Å². The molecule has 1 fully saturated rings. The summed E-state index contributed by atoms with van der Waals surface area (Å²) in [5.74, 6) is -0.580. The standard InChI is InChI=1S/C17H19BF4N4O/c1-11-15(18)16(17(20,21)22)23-26(11)10-14(27)25-8-6-24(7-9-25)13-4-2-12(19)3-5-13/h2-5H,6-10,18H2,1H3. The van der Waals surface area contributed by atoms with Gasteiger partial charge in [0.1, 0.15) is 20.2 Å². The first kappa shape index (κ1) is 19.3. The Morgan fingerprint density at radius 1 is 1.15 bits per heavy atom. The first-order chi connectivity index (χ1) is 12.7. The first-order valence-corrected chi connectivity index (χ1v) is 8.56. The number of amides is 1. The molecule has 1 aliphatic heterocycles. The first-order valence-electron chi connectivity index (χ1n) is 8.56. The van der Waals surface area contributed by atoms with Gasteiger partial charge in [0, 0.05) is 37.6 Å². The number of piperazine rings is 1. The molecule has 1 aromatic carbocycles. The van der Waals surface area contributed by atoms with E-state index in [0.29, 0.717) is 31.9 Å². The molecule has 0 N–H and O–H groups in total.